The number of halogens is 1. The summed E-state index contributed by atoms with van der Waals surface area (Å²) in [6.07, 6.45) is 0. The first-order chi connectivity index (χ1) is 14.9. The number of nitrogens with one attached hydrogen (secondary N) is 2. The number of hydrogen-bond acceptors (Lipinski definition) is 5. The van der Waals surface area contributed by atoms with Crippen LogP contribution in [-0.2, 0) is 4.74 Å². The van der Waals surface area contributed by atoms with E-state index in [4.69, 9.17) is 21.7 Å². The van der Waals surface area contributed by atoms with Gasteiger partial charge in [-0.15, -0.1) is 0 Å². The van der Waals surface area contributed by atoms with Crippen LogP contribution in [0.2, 0.25) is 0 Å². The Morgan fingerprint density at radius 2 is 1.74 bits per heavy atom. The van der Waals surface area contributed by atoms with Crippen LogP contribution < -0.4 is 15.4 Å². The molecular formula is C22H26BrN3O4S. The molecule has 0 atom stereocenters. The minimum Gasteiger partial charge on any atom is -0.490 e. The van der Waals surface area contributed by atoms with Crippen molar-refractivity contribution in [1.82, 2.24) is 10.2 Å². The fourth-order valence-electron chi connectivity index (χ4n) is 2.76. The Morgan fingerprint density at radius 3 is 2.35 bits per heavy atom. The normalized spacial score (nSPS) is 10.3. The molecule has 0 unspecified atom stereocenters. The summed E-state index contributed by atoms with van der Waals surface area (Å²) in [6, 6.07) is 12.1. The lowest BCUT2D eigenvalue weighted by atomic mass is 10.1. The standard InChI is InChI=1S/C22H26BrN3O4S/c1-4-26(5-2)21(28)15-6-9-17(10-7-15)24-22(31)25-20(27)18-14-16(23)8-11-19(18)30-13-12-29-3/h6-11,14H,4-5,12-13H2,1-3H3,(H2,24,25,27,31). The van der Waals surface area contributed by atoms with Crippen molar-refractivity contribution in [3.63, 3.8) is 0 Å². The molecule has 9 heteroatoms. The predicted molar refractivity (Wildman–Crippen MR) is 129 cm³/mol. The summed E-state index contributed by atoms with van der Waals surface area (Å²) < 4.78 is 11.3. The van der Waals surface area contributed by atoms with Gasteiger partial charge in [-0.2, -0.15) is 0 Å². The average Bonchev–Trinajstić information content (AvgIpc) is 2.76. The van der Waals surface area contributed by atoms with Gasteiger partial charge in [-0.05, 0) is 68.5 Å². The summed E-state index contributed by atoms with van der Waals surface area (Å²) in [5.74, 6) is 0.00227. The van der Waals surface area contributed by atoms with Crippen LogP contribution in [0.5, 0.6) is 5.75 Å². The number of carbonyl (C=O) groups is 2. The Labute approximate surface area is 196 Å². The first kappa shape index (κ1) is 24.8. The van der Waals surface area contributed by atoms with Crippen LogP contribution in [0.15, 0.2) is 46.9 Å². The van der Waals surface area contributed by atoms with Gasteiger partial charge in [-0.3, -0.25) is 14.9 Å². The summed E-state index contributed by atoms with van der Waals surface area (Å²) in [7, 11) is 1.58. The molecule has 2 N–H and O–H groups in total. The number of benzene rings is 2. The average molecular weight is 508 g/mol. The van der Waals surface area contributed by atoms with Crippen LogP contribution in [0.3, 0.4) is 0 Å². The number of anilines is 1. The van der Waals surface area contributed by atoms with E-state index < -0.39 is 5.91 Å². The van der Waals surface area contributed by atoms with Crippen LogP contribution in [0.25, 0.3) is 0 Å². The monoisotopic (exact) mass is 507 g/mol. The van der Waals surface area contributed by atoms with Crippen LogP contribution in [-0.4, -0.2) is 55.2 Å². The molecule has 0 aliphatic heterocycles. The Bertz CT molecular complexity index is 917. The second-order valence-corrected chi connectivity index (χ2v) is 7.77. The Balaban J connectivity index is 2.02. The number of methoxy groups -OCH3 is 1. The highest BCUT2D eigenvalue weighted by Gasteiger charge is 2.16. The summed E-state index contributed by atoms with van der Waals surface area (Å²) in [5.41, 5.74) is 1.60. The van der Waals surface area contributed by atoms with Crippen molar-refractivity contribution in [2.75, 3.05) is 38.7 Å². The fourth-order valence-corrected chi connectivity index (χ4v) is 3.33. The van der Waals surface area contributed by atoms with Gasteiger partial charge in [0.2, 0.25) is 0 Å². The van der Waals surface area contributed by atoms with Gasteiger partial charge in [0.1, 0.15) is 12.4 Å². The Kier molecular flexibility index (Phi) is 9.90. The maximum atomic E-state index is 12.7. The second-order valence-electron chi connectivity index (χ2n) is 6.44. The molecule has 0 fully saturated rings. The van der Waals surface area contributed by atoms with Crippen molar-refractivity contribution < 1.29 is 19.1 Å². The van der Waals surface area contributed by atoms with E-state index in [1.165, 1.54) is 0 Å². The van der Waals surface area contributed by atoms with Crippen molar-refractivity contribution in [2.24, 2.45) is 0 Å². The highest BCUT2D eigenvalue weighted by Crippen LogP contribution is 2.23. The summed E-state index contributed by atoms with van der Waals surface area (Å²) >= 11 is 8.63. The fraction of sp³-hybridized carbons (Fsp3) is 0.318. The number of hydrogen-bond donors (Lipinski definition) is 2. The smallest absolute Gasteiger partial charge is 0.261 e. The van der Waals surface area contributed by atoms with Crippen LogP contribution in [0.4, 0.5) is 5.69 Å². The molecule has 0 radical (unpaired) electrons. The Morgan fingerprint density at radius 1 is 1.06 bits per heavy atom. The minimum atomic E-state index is -0.403. The molecule has 2 aromatic rings. The molecule has 31 heavy (non-hydrogen) atoms. The van der Waals surface area contributed by atoms with E-state index in [0.717, 1.165) is 4.47 Å². The number of carbonyl (C=O) groups excluding carboxylic acids is 2. The molecule has 0 saturated heterocycles. The molecule has 2 amide bonds. The highest BCUT2D eigenvalue weighted by molar-refractivity contribution is 9.10. The van der Waals surface area contributed by atoms with E-state index in [2.05, 4.69) is 26.6 Å². The number of ether oxygens (including phenoxy) is 2. The van der Waals surface area contributed by atoms with Crippen LogP contribution >= 0.6 is 28.1 Å². The molecule has 0 saturated carbocycles. The van der Waals surface area contributed by atoms with Gasteiger partial charge in [-0.25, -0.2) is 0 Å². The van der Waals surface area contributed by atoms with E-state index in [1.54, 1.807) is 54.5 Å². The largest absolute Gasteiger partial charge is 0.490 e. The van der Waals surface area contributed by atoms with E-state index in [9.17, 15) is 9.59 Å². The lowest BCUT2D eigenvalue weighted by Gasteiger charge is -2.18. The van der Waals surface area contributed by atoms with E-state index in [1.807, 2.05) is 13.8 Å². The van der Waals surface area contributed by atoms with Gasteiger partial charge in [-0.1, -0.05) is 15.9 Å². The van der Waals surface area contributed by atoms with Crippen LogP contribution in [0.1, 0.15) is 34.6 Å². The molecule has 0 aliphatic carbocycles. The molecule has 0 aliphatic rings. The van der Waals surface area contributed by atoms with E-state index in [-0.39, 0.29) is 11.0 Å². The third kappa shape index (κ3) is 7.30. The first-order valence-electron chi connectivity index (χ1n) is 9.82. The molecule has 0 spiro atoms. The predicted octanol–water partition coefficient (Wildman–Crippen LogP) is 4.08. The molecular weight excluding hydrogens is 482 g/mol. The maximum absolute atomic E-state index is 12.7. The lowest BCUT2D eigenvalue weighted by molar-refractivity contribution is 0.0772. The van der Waals surface area contributed by atoms with Crippen molar-refractivity contribution in [3.05, 3.63) is 58.1 Å². The van der Waals surface area contributed by atoms with Crippen molar-refractivity contribution in [2.45, 2.75) is 13.8 Å². The molecule has 0 aromatic heterocycles. The Hall–Kier alpha value is -2.49. The zero-order valence-corrected chi connectivity index (χ0v) is 20.1. The third-order valence-electron chi connectivity index (χ3n) is 4.40. The summed E-state index contributed by atoms with van der Waals surface area (Å²) in [4.78, 5) is 26.9. The number of nitrogens with zero attached hydrogens (tertiary/aromatic N) is 1. The first-order valence-corrected chi connectivity index (χ1v) is 11.0. The van der Waals surface area contributed by atoms with Crippen molar-refractivity contribution in [1.29, 1.82) is 0 Å². The van der Waals surface area contributed by atoms with E-state index >= 15 is 0 Å². The van der Waals surface area contributed by atoms with Crippen molar-refractivity contribution in [3.8, 4) is 5.75 Å². The molecule has 0 bridgehead atoms. The highest BCUT2D eigenvalue weighted by atomic mass is 79.9. The van der Waals surface area contributed by atoms with Gasteiger partial charge in [0, 0.05) is 35.9 Å². The molecule has 0 heterocycles. The zero-order chi connectivity index (χ0) is 22.8. The van der Waals surface area contributed by atoms with Gasteiger partial charge < -0.3 is 19.7 Å². The molecule has 7 nitrogen and oxygen atoms in total. The van der Waals surface area contributed by atoms with Gasteiger partial charge in [0.05, 0.1) is 12.2 Å². The van der Waals surface area contributed by atoms with Crippen molar-refractivity contribution >= 4 is 50.8 Å². The molecule has 2 rings (SSSR count). The van der Waals surface area contributed by atoms with Gasteiger partial charge >= 0.3 is 0 Å². The maximum Gasteiger partial charge on any atom is 0.261 e. The zero-order valence-electron chi connectivity index (χ0n) is 17.7. The number of amides is 2. The minimum absolute atomic E-state index is 0.0249. The molecule has 166 valence electrons. The van der Waals surface area contributed by atoms with E-state index in [0.29, 0.717) is 48.9 Å². The van der Waals surface area contributed by atoms with Gasteiger partial charge in [0.15, 0.2) is 5.11 Å². The summed E-state index contributed by atoms with van der Waals surface area (Å²) in [5, 5.41) is 5.74. The number of thiocarbonyl (C=S) groups is 1. The van der Waals surface area contributed by atoms with Crippen LogP contribution in [0, 0.1) is 0 Å². The molecule has 2 aromatic carbocycles. The summed E-state index contributed by atoms with van der Waals surface area (Å²) in [6.45, 7) is 5.91. The second kappa shape index (κ2) is 12.4. The van der Waals surface area contributed by atoms with Gasteiger partial charge in [0.25, 0.3) is 11.8 Å². The SMILES string of the molecule is CCN(CC)C(=O)c1ccc(NC(=S)NC(=O)c2cc(Br)ccc2OCCOC)cc1. The topological polar surface area (TPSA) is 79.9 Å². The quantitative estimate of drug-likeness (QED) is 0.393. The third-order valence-corrected chi connectivity index (χ3v) is 5.10. The lowest BCUT2D eigenvalue weighted by Crippen LogP contribution is -2.34. The number of rotatable bonds is 9.